The second kappa shape index (κ2) is 5.14. The zero-order valence-corrected chi connectivity index (χ0v) is 11.1. The average molecular weight is 295 g/mol. The average Bonchev–Trinajstić information content (AvgIpc) is 2.38. The lowest BCUT2D eigenvalue weighted by Gasteiger charge is -2.11. The minimum absolute atomic E-state index is 0.578. The van der Waals surface area contributed by atoms with Crippen LogP contribution in [0.15, 0.2) is 35.1 Å². The van der Waals surface area contributed by atoms with E-state index in [4.69, 9.17) is 9.47 Å². The van der Waals surface area contributed by atoms with Crippen molar-refractivity contribution in [3.8, 4) is 22.9 Å². The van der Waals surface area contributed by atoms with Crippen LogP contribution in [-0.4, -0.2) is 24.2 Å². The van der Waals surface area contributed by atoms with E-state index in [0.29, 0.717) is 21.8 Å². The second-order valence-corrected chi connectivity index (χ2v) is 4.06. The SMILES string of the molecule is COc1cc(Br)nc(-c2ccccn2)c1OC. The molecule has 0 saturated heterocycles. The Labute approximate surface area is 108 Å². The molecule has 0 radical (unpaired) electrons. The van der Waals surface area contributed by atoms with Gasteiger partial charge in [0.15, 0.2) is 11.5 Å². The Morgan fingerprint density at radius 1 is 1.18 bits per heavy atom. The van der Waals surface area contributed by atoms with E-state index in [-0.39, 0.29) is 0 Å². The van der Waals surface area contributed by atoms with Gasteiger partial charge in [-0.3, -0.25) is 4.98 Å². The van der Waals surface area contributed by atoms with Gasteiger partial charge in [-0.15, -0.1) is 0 Å². The highest BCUT2D eigenvalue weighted by atomic mass is 79.9. The van der Waals surface area contributed by atoms with E-state index >= 15 is 0 Å². The van der Waals surface area contributed by atoms with Crippen molar-refractivity contribution < 1.29 is 9.47 Å². The van der Waals surface area contributed by atoms with E-state index in [2.05, 4.69) is 25.9 Å². The van der Waals surface area contributed by atoms with Gasteiger partial charge in [0.05, 0.1) is 19.9 Å². The van der Waals surface area contributed by atoms with Gasteiger partial charge in [0, 0.05) is 12.3 Å². The Bertz CT molecular complexity index is 517. The molecule has 17 heavy (non-hydrogen) atoms. The molecular formula is C12H11BrN2O2. The van der Waals surface area contributed by atoms with Crippen LogP contribution >= 0.6 is 15.9 Å². The smallest absolute Gasteiger partial charge is 0.188 e. The topological polar surface area (TPSA) is 44.2 Å². The molecule has 88 valence electrons. The predicted octanol–water partition coefficient (Wildman–Crippen LogP) is 2.92. The molecule has 2 aromatic heterocycles. The maximum Gasteiger partial charge on any atom is 0.188 e. The van der Waals surface area contributed by atoms with Crippen molar-refractivity contribution in [1.29, 1.82) is 0 Å². The number of methoxy groups -OCH3 is 2. The van der Waals surface area contributed by atoms with Crippen LogP contribution in [0.5, 0.6) is 11.5 Å². The van der Waals surface area contributed by atoms with Gasteiger partial charge in [0.1, 0.15) is 10.3 Å². The number of nitrogens with zero attached hydrogens (tertiary/aromatic N) is 2. The van der Waals surface area contributed by atoms with Crippen LogP contribution in [0.25, 0.3) is 11.4 Å². The maximum atomic E-state index is 5.33. The summed E-state index contributed by atoms with van der Waals surface area (Å²) in [6, 6.07) is 7.38. The molecule has 0 aliphatic heterocycles. The van der Waals surface area contributed by atoms with Crippen LogP contribution < -0.4 is 9.47 Å². The van der Waals surface area contributed by atoms with Crippen LogP contribution in [0.3, 0.4) is 0 Å². The zero-order valence-electron chi connectivity index (χ0n) is 9.48. The van der Waals surface area contributed by atoms with Crippen LogP contribution in [0.4, 0.5) is 0 Å². The van der Waals surface area contributed by atoms with Gasteiger partial charge in [-0.2, -0.15) is 0 Å². The van der Waals surface area contributed by atoms with Crippen molar-refractivity contribution in [2.75, 3.05) is 14.2 Å². The Morgan fingerprint density at radius 3 is 2.59 bits per heavy atom. The number of rotatable bonds is 3. The minimum atomic E-state index is 0.578. The van der Waals surface area contributed by atoms with Gasteiger partial charge < -0.3 is 9.47 Å². The number of halogens is 1. The molecule has 2 heterocycles. The summed E-state index contributed by atoms with van der Waals surface area (Å²) in [7, 11) is 3.17. The number of hydrogen-bond acceptors (Lipinski definition) is 4. The monoisotopic (exact) mass is 294 g/mol. The molecule has 4 nitrogen and oxygen atoms in total. The van der Waals surface area contributed by atoms with Crippen LogP contribution in [0.2, 0.25) is 0 Å². The largest absolute Gasteiger partial charge is 0.493 e. The Hall–Kier alpha value is -1.62. The van der Waals surface area contributed by atoms with Crippen LogP contribution in [0, 0.1) is 0 Å². The Kier molecular flexibility index (Phi) is 3.58. The maximum absolute atomic E-state index is 5.33. The molecule has 0 aromatic carbocycles. The van der Waals surface area contributed by atoms with Crippen molar-refractivity contribution in [2.45, 2.75) is 0 Å². The molecule has 0 unspecified atom stereocenters. The minimum Gasteiger partial charge on any atom is -0.493 e. The summed E-state index contributed by atoms with van der Waals surface area (Å²) in [5.74, 6) is 1.20. The van der Waals surface area contributed by atoms with Crippen molar-refractivity contribution in [1.82, 2.24) is 9.97 Å². The molecule has 0 amide bonds. The molecule has 0 fully saturated rings. The van der Waals surface area contributed by atoms with Gasteiger partial charge in [0.25, 0.3) is 0 Å². The molecule has 0 aliphatic carbocycles. The fourth-order valence-corrected chi connectivity index (χ4v) is 1.89. The van der Waals surface area contributed by atoms with Crippen molar-refractivity contribution in [3.63, 3.8) is 0 Å². The Morgan fingerprint density at radius 2 is 2.00 bits per heavy atom. The third-order valence-corrected chi connectivity index (χ3v) is 2.65. The molecule has 0 spiro atoms. The van der Waals surface area contributed by atoms with Gasteiger partial charge in [-0.05, 0) is 28.1 Å². The molecule has 2 rings (SSSR count). The first-order valence-electron chi connectivity index (χ1n) is 4.96. The van der Waals surface area contributed by atoms with E-state index in [1.54, 1.807) is 26.5 Å². The molecule has 0 bridgehead atoms. The number of hydrogen-bond donors (Lipinski definition) is 0. The van der Waals surface area contributed by atoms with E-state index in [1.807, 2.05) is 18.2 Å². The molecule has 0 aliphatic rings. The standard InChI is InChI=1S/C12H11BrN2O2/c1-16-9-7-10(13)15-11(12(9)17-2)8-5-3-4-6-14-8/h3-7H,1-2H3. The van der Waals surface area contributed by atoms with Gasteiger partial charge in [0.2, 0.25) is 0 Å². The molecule has 0 N–H and O–H groups in total. The fourth-order valence-electron chi connectivity index (χ4n) is 1.51. The third-order valence-electron chi connectivity index (χ3n) is 2.24. The third kappa shape index (κ3) is 2.39. The summed E-state index contributed by atoms with van der Waals surface area (Å²) in [5.41, 5.74) is 1.39. The lowest BCUT2D eigenvalue weighted by Crippen LogP contribution is -1.97. The summed E-state index contributed by atoms with van der Waals surface area (Å²) in [6.07, 6.45) is 1.71. The summed E-state index contributed by atoms with van der Waals surface area (Å²) >= 11 is 3.34. The second-order valence-electron chi connectivity index (χ2n) is 3.24. The predicted molar refractivity (Wildman–Crippen MR) is 68.3 cm³/mol. The first-order valence-corrected chi connectivity index (χ1v) is 5.75. The van der Waals surface area contributed by atoms with Crippen molar-refractivity contribution in [3.05, 3.63) is 35.1 Å². The number of ether oxygens (including phenoxy) is 2. The summed E-state index contributed by atoms with van der Waals surface area (Å²) in [4.78, 5) is 8.63. The lowest BCUT2D eigenvalue weighted by atomic mass is 10.2. The first-order chi connectivity index (χ1) is 8.26. The molecule has 0 saturated carbocycles. The highest BCUT2D eigenvalue weighted by Gasteiger charge is 2.15. The van der Waals surface area contributed by atoms with Crippen molar-refractivity contribution in [2.24, 2.45) is 0 Å². The quantitative estimate of drug-likeness (QED) is 0.817. The summed E-state index contributed by atoms with van der Waals surface area (Å²) < 4.78 is 11.3. The van der Waals surface area contributed by atoms with Gasteiger partial charge >= 0.3 is 0 Å². The molecule has 0 atom stereocenters. The van der Waals surface area contributed by atoms with Gasteiger partial charge in [-0.1, -0.05) is 6.07 Å². The number of pyridine rings is 2. The lowest BCUT2D eigenvalue weighted by molar-refractivity contribution is 0.354. The van der Waals surface area contributed by atoms with E-state index in [1.165, 1.54) is 0 Å². The Balaban J connectivity index is 2.64. The van der Waals surface area contributed by atoms with E-state index < -0.39 is 0 Å². The normalized spacial score (nSPS) is 10.1. The van der Waals surface area contributed by atoms with Crippen molar-refractivity contribution >= 4 is 15.9 Å². The molecule has 2 aromatic rings. The molecule has 5 heteroatoms. The van der Waals surface area contributed by atoms with Crippen LogP contribution in [0.1, 0.15) is 0 Å². The zero-order chi connectivity index (χ0) is 12.3. The first kappa shape index (κ1) is 11.9. The van der Waals surface area contributed by atoms with Gasteiger partial charge in [-0.25, -0.2) is 4.98 Å². The summed E-state index contributed by atoms with van der Waals surface area (Å²) in [5, 5.41) is 0. The summed E-state index contributed by atoms with van der Waals surface area (Å²) in [6.45, 7) is 0. The molecular weight excluding hydrogens is 284 g/mol. The van der Waals surface area contributed by atoms with E-state index in [0.717, 1.165) is 5.69 Å². The highest BCUT2D eigenvalue weighted by Crippen LogP contribution is 2.37. The highest BCUT2D eigenvalue weighted by molar-refractivity contribution is 9.10. The number of aromatic nitrogens is 2. The fraction of sp³-hybridized carbons (Fsp3) is 0.167. The van der Waals surface area contributed by atoms with Crippen LogP contribution in [-0.2, 0) is 0 Å². The van der Waals surface area contributed by atoms with E-state index in [9.17, 15) is 0 Å².